The Labute approximate surface area is 126 Å². The number of hydrogen-bond acceptors (Lipinski definition) is 6. The molecular weight excluding hydrogens is 294 g/mol. The second kappa shape index (κ2) is 6.11. The molecule has 1 saturated heterocycles. The SMILES string of the molecule is COc1ncnc2c1[nH]c(=S)n2CCN1CCSCC1. The van der Waals surface area contributed by atoms with Crippen LogP contribution in [0.25, 0.3) is 11.2 Å². The van der Waals surface area contributed by atoms with Gasteiger partial charge in [-0.05, 0) is 12.2 Å². The second-order valence-corrected chi connectivity index (χ2v) is 6.23. The van der Waals surface area contributed by atoms with Crippen molar-refractivity contribution in [3.8, 4) is 5.88 Å². The fourth-order valence-corrected chi connectivity index (χ4v) is 3.63. The van der Waals surface area contributed by atoms with Gasteiger partial charge in [-0.15, -0.1) is 0 Å². The van der Waals surface area contributed by atoms with Gasteiger partial charge in [-0.1, -0.05) is 0 Å². The average Bonchev–Trinajstić information content (AvgIpc) is 2.81. The van der Waals surface area contributed by atoms with E-state index in [1.807, 2.05) is 16.3 Å². The molecule has 8 heteroatoms. The molecule has 0 spiro atoms. The van der Waals surface area contributed by atoms with Crippen molar-refractivity contribution in [2.45, 2.75) is 6.54 Å². The Hall–Kier alpha value is -1.12. The van der Waals surface area contributed by atoms with Crippen LogP contribution >= 0.6 is 24.0 Å². The van der Waals surface area contributed by atoms with E-state index in [9.17, 15) is 0 Å². The lowest BCUT2D eigenvalue weighted by atomic mass is 10.4. The molecule has 1 aliphatic heterocycles. The van der Waals surface area contributed by atoms with Crippen molar-refractivity contribution >= 4 is 35.1 Å². The van der Waals surface area contributed by atoms with E-state index >= 15 is 0 Å². The number of imidazole rings is 1. The maximum atomic E-state index is 5.39. The molecule has 2 aromatic heterocycles. The Morgan fingerprint density at radius 2 is 2.15 bits per heavy atom. The minimum atomic E-state index is 0.536. The molecule has 0 aromatic carbocycles. The number of fused-ring (bicyclic) bond motifs is 1. The number of rotatable bonds is 4. The van der Waals surface area contributed by atoms with E-state index in [2.05, 4.69) is 19.9 Å². The molecule has 0 bridgehead atoms. The predicted octanol–water partition coefficient (Wildman–Crippen LogP) is 1.55. The highest BCUT2D eigenvalue weighted by Gasteiger charge is 2.14. The van der Waals surface area contributed by atoms with Gasteiger partial charge in [-0.2, -0.15) is 16.7 Å². The van der Waals surface area contributed by atoms with Gasteiger partial charge < -0.3 is 14.3 Å². The van der Waals surface area contributed by atoms with Gasteiger partial charge in [0.25, 0.3) is 0 Å². The van der Waals surface area contributed by atoms with Crippen LogP contribution < -0.4 is 4.74 Å². The Kier molecular flexibility index (Phi) is 4.23. The summed E-state index contributed by atoms with van der Waals surface area (Å²) in [5.74, 6) is 2.97. The summed E-state index contributed by atoms with van der Waals surface area (Å²) in [5.41, 5.74) is 1.59. The normalized spacial score (nSPS) is 16.6. The third-order valence-electron chi connectivity index (χ3n) is 3.46. The quantitative estimate of drug-likeness (QED) is 0.865. The molecule has 1 N–H and O–H groups in total. The lowest BCUT2D eigenvalue weighted by Gasteiger charge is -2.26. The third-order valence-corrected chi connectivity index (χ3v) is 4.73. The van der Waals surface area contributed by atoms with Gasteiger partial charge in [-0.3, -0.25) is 4.90 Å². The molecule has 0 saturated carbocycles. The lowest BCUT2D eigenvalue weighted by Crippen LogP contribution is -2.35. The summed E-state index contributed by atoms with van der Waals surface area (Å²) in [6, 6.07) is 0. The van der Waals surface area contributed by atoms with E-state index in [4.69, 9.17) is 17.0 Å². The van der Waals surface area contributed by atoms with Crippen molar-refractivity contribution in [2.75, 3.05) is 38.2 Å². The summed E-state index contributed by atoms with van der Waals surface area (Å²) in [7, 11) is 1.60. The topological polar surface area (TPSA) is 59.0 Å². The van der Waals surface area contributed by atoms with Crippen LogP contribution in [0.1, 0.15) is 0 Å². The number of nitrogens with zero attached hydrogens (tertiary/aromatic N) is 4. The van der Waals surface area contributed by atoms with Gasteiger partial charge in [0.15, 0.2) is 10.4 Å². The highest BCUT2D eigenvalue weighted by atomic mass is 32.2. The maximum absolute atomic E-state index is 5.39. The van der Waals surface area contributed by atoms with Crippen LogP contribution in [0.4, 0.5) is 0 Å². The number of aromatic nitrogens is 4. The summed E-state index contributed by atoms with van der Waals surface area (Å²) >= 11 is 7.41. The molecule has 0 unspecified atom stereocenters. The van der Waals surface area contributed by atoms with Crippen LogP contribution in [-0.2, 0) is 6.54 Å². The molecular formula is C12H17N5OS2. The van der Waals surface area contributed by atoms with Crippen LogP contribution in [0.15, 0.2) is 6.33 Å². The summed E-state index contributed by atoms with van der Waals surface area (Å²) in [5, 5.41) is 0. The van der Waals surface area contributed by atoms with Crippen molar-refractivity contribution in [1.29, 1.82) is 0 Å². The van der Waals surface area contributed by atoms with Gasteiger partial charge in [0, 0.05) is 37.7 Å². The Morgan fingerprint density at radius 3 is 2.90 bits per heavy atom. The van der Waals surface area contributed by atoms with Crippen molar-refractivity contribution in [3.05, 3.63) is 11.1 Å². The van der Waals surface area contributed by atoms with E-state index < -0.39 is 0 Å². The van der Waals surface area contributed by atoms with Crippen LogP contribution in [-0.4, -0.2) is 62.7 Å². The Bertz CT molecular complexity index is 647. The molecule has 20 heavy (non-hydrogen) atoms. The summed E-state index contributed by atoms with van der Waals surface area (Å²) in [6.07, 6.45) is 1.51. The lowest BCUT2D eigenvalue weighted by molar-refractivity contribution is 0.290. The highest BCUT2D eigenvalue weighted by molar-refractivity contribution is 7.99. The summed E-state index contributed by atoms with van der Waals surface area (Å²) < 4.78 is 7.93. The first-order chi connectivity index (χ1) is 9.79. The van der Waals surface area contributed by atoms with Gasteiger partial charge in [0.2, 0.25) is 5.88 Å². The zero-order valence-electron chi connectivity index (χ0n) is 11.3. The van der Waals surface area contributed by atoms with Gasteiger partial charge >= 0.3 is 0 Å². The number of aromatic amines is 1. The Morgan fingerprint density at radius 1 is 1.35 bits per heavy atom. The number of thioether (sulfide) groups is 1. The second-order valence-electron chi connectivity index (χ2n) is 4.62. The number of nitrogens with one attached hydrogen (secondary N) is 1. The Balaban J connectivity index is 1.84. The van der Waals surface area contributed by atoms with E-state index in [0.717, 1.165) is 37.3 Å². The zero-order valence-corrected chi connectivity index (χ0v) is 13.0. The molecule has 108 valence electrons. The van der Waals surface area contributed by atoms with Crippen LogP contribution in [0.5, 0.6) is 5.88 Å². The van der Waals surface area contributed by atoms with E-state index in [1.165, 1.54) is 17.8 Å². The maximum Gasteiger partial charge on any atom is 0.242 e. The van der Waals surface area contributed by atoms with Crippen molar-refractivity contribution in [1.82, 2.24) is 24.4 Å². The fourth-order valence-electron chi connectivity index (χ4n) is 2.37. The summed E-state index contributed by atoms with van der Waals surface area (Å²) in [4.78, 5) is 14.0. The third kappa shape index (κ3) is 2.68. The molecule has 0 radical (unpaired) electrons. The monoisotopic (exact) mass is 311 g/mol. The fraction of sp³-hybridized carbons (Fsp3) is 0.583. The number of methoxy groups -OCH3 is 1. The van der Waals surface area contributed by atoms with Crippen LogP contribution in [0, 0.1) is 4.77 Å². The van der Waals surface area contributed by atoms with Crippen molar-refractivity contribution in [2.24, 2.45) is 0 Å². The highest BCUT2D eigenvalue weighted by Crippen LogP contribution is 2.20. The molecule has 6 nitrogen and oxygen atoms in total. The molecule has 0 aliphatic carbocycles. The number of hydrogen-bond donors (Lipinski definition) is 1. The summed E-state index contributed by atoms with van der Waals surface area (Å²) in [6.45, 7) is 4.13. The largest absolute Gasteiger partial charge is 0.479 e. The van der Waals surface area contributed by atoms with Gasteiger partial charge in [-0.25, -0.2) is 4.98 Å². The molecule has 0 atom stereocenters. The molecule has 1 aliphatic rings. The van der Waals surface area contributed by atoms with Crippen LogP contribution in [0.3, 0.4) is 0 Å². The number of ether oxygens (including phenoxy) is 1. The first-order valence-corrected chi connectivity index (χ1v) is 8.13. The van der Waals surface area contributed by atoms with E-state index in [-0.39, 0.29) is 0 Å². The number of H-pyrrole nitrogens is 1. The standard InChI is InChI=1S/C12H17N5OS2/c1-18-11-9-10(13-8-14-11)17(12(19)15-9)3-2-16-4-6-20-7-5-16/h8H,2-7H2,1H3,(H,15,19). The molecule has 3 heterocycles. The zero-order chi connectivity index (χ0) is 13.9. The molecule has 0 amide bonds. The van der Waals surface area contributed by atoms with Crippen molar-refractivity contribution < 1.29 is 4.74 Å². The first-order valence-electron chi connectivity index (χ1n) is 6.57. The van der Waals surface area contributed by atoms with Crippen molar-refractivity contribution in [3.63, 3.8) is 0 Å². The smallest absolute Gasteiger partial charge is 0.242 e. The van der Waals surface area contributed by atoms with E-state index in [0.29, 0.717) is 10.7 Å². The first kappa shape index (κ1) is 13.8. The average molecular weight is 311 g/mol. The minimum absolute atomic E-state index is 0.536. The molecule has 2 aromatic rings. The minimum Gasteiger partial charge on any atom is -0.479 e. The molecule has 3 rings (SSSR count). The van der Waals surface area contributed by atoms with Crippen LogP contribution in [0.2, 0.25) is 0 Å². The molecule has 1 fully saturated rings. The van der Waals surface area contributed by atoms with Gasteiger partial charge in [0.05, 0.1) is 7.11 Å². The van der Waals surface area contributed by atoms with Gasteiger partial charge in [0.1, 0.15) is 11.8 Å². The van der Waals surface area contributed by atoms with E-state index in [1.54, 1.807) is 7.11 Å². The predicted molar refractivity (Wildman–Crippen MR) is 83.0 cm³/mol.